The summed E-state index contributed by atoms with van der Waals surface area (Å²) in [4.78, 5) is 20.3. The summed E-state index contributed by atoms with van der Waals surface area (Å²) in [7, 11) is 0. The number of aromatic amines is 1. The third-order valence-corrected chi connectivity index (χ3v) is 4.53. The van der Waals surface area contributed by atoms with Crippen LogP contribution in [0, 0.1) is 0 Å². The molecule has 4 nitrogen and oxygen atoms in total. The van der Waals surface area contributed by atoms with Gasteiger partial charge in [-0.1, -0.05) is 41.9 Å². The molecule has 0 aliphatic carbocycles. The van der Waals surface area contributed by atoms with Crippen LogP contribution in [0.3, 0.4) is 0 Å². The van der Waals surface area contributed by atoms with Crippen LogP contribution in [0.15, 0.2) is 65.8 Å². The number of halogens is 1. The lowest BCUT2D eigenvalue weighted by atomic mass is 9.95. The van der Waals surface area contributed by atoms with Crippen LogP contribution in [0.2, 0.25) is 5.02 Å². The second-order valence-electron chi connectivity index (χ2n) is 5.85. The summed E-state index contributed by atoms with van der Waals surface area (Å²) in [6.07, 6.45) is 3.64. The van der Waals surface area contributed by atoms with Gasteiger partial charge in [-0.3, -0.25) is 4.79 Å². The molecular weight excluding hydrogens is 334 g/mol. The van der Waals surface area contributed by atoms with Crippen molar-refractivity contribution in [3.63, 3.8) is 0 Å². The summed E-state index contributed by atoms with van der Waals surface area (Å²) in [6, 6.07) is 15.4. The maximum absolute atomic E-state index is 12.9. The third-order valence-electron chi connectivity index (χ3n) is 4.29. The van der Waals surface area contributed by atoms with Gasteiger partial charge in [0.05, 0.1) is 17.6 Å². The van der Waals surface area contributed by atoms with E-state index in [1.54, 1.807) is 12.4 Å². The first-order valence-corrected chi connectivity index (χ1v) is 8.48. The number of aromatic nitrogens is 3. The van der Waals surface area contributed by atoms with E-state index < -0.39 is 0 Å². The van der Waals surface area contributed by atoms with Crippen molar-refractivity contribution in [2.75, 3.05) is 0 Å². The molecule has 0 amide bonds. The zero-order chi connectivity index (χ0) is 17.4. The summed E-state index contributed by atoms with van der Waals surface area (Å²) in [5.74, 6) is 0. The lowest BCUT2D eigenvalue weighted by Gasteiger charge is -2.12. The number of nitrogens with zero attached hydrogens (tertiary/aromatic N) is 2. The average molecular weight is 350 g/mol. The van der Waals surface area contributed by atoms with Gasteiger partial charge in [-0.25, -0.2) is 4.98 Å². The minimum absolute atomic E-state index is 0.157. The topological polar surface area (TPSA) is 50.7 Å². The van der Waals surface area contributed by atoms with Gasteiger partial charge in [-0.05, 0) is 30.7 Å². The Morgan fingerprint density at radius 2 is 1.92 bits per heavy atom. The van der Waals surface area contributed by atoms with Crippen molar-refractivity contribution in [2.24, 2.45) is 0 Å². The van der Waals surface area contributed by atoms with Gasteiger partial charge in [-0.15, -0.1) is 0 Å². The van der Waals surface area contributed by atoms with Gasteiger partial charge in [0.15, 0.2) is 0 Å². The largest absolute Gasteiger partial charge is 0.337 e. The number of imidazole rings is 1. The van der Waals surface area contributed by atoms with Crippen molar-refractivity contribution >= 4 is 22.5 Å². The number of hydrogen-bond acceptors (Lipinski definition) is 2. The van der Waals surface area contributed by atoms with E-state index in [1.165, 1.54) is 0 Å². The number of hydrogen-bond donors (Lipinski definition) is 1. The Morgan fingerprint density at radius 3 is 2.64 bits per heavy atom. The fourth-order valence-electron chi connectivity index (χ4n) is 3.08. The lowest BCUT2D eigenvalue weighted by Crippen LogP contribution is -2.11. The van der Waals surface area contributed by atoms with E-state index in [-0.39, 0.29) is 5.56 Å². The van der Waals surface area contributed by atoms with Crippen molar-refractivity contribution in [3.8, 4) is 22.4 Å². The summed E-state index contributed by atoms with van der Waals surface area (Å²) in [6.45, 7) is 2.83. The molecule has 2 aromatic carbocycles. The molecule has 0 saturated heterocycles. The fourth-order valence-corrected chi connectivity index (χ4v) is 3.25. The first-order valence-electron chi connectivity index (χ1n) is 8.10. The van der Waals surface area contributed by atoms with Gasteiger partial charge in [0.2, 0.25) is 0 Å². The Morgan fingerprint density at radius 1 is 1.12 bits per heavy atom. The average Bonchev–Trinajstić information content (AvgIpc) is 3.10. The van der Waals surface area contributed by atoms with Crippen molar-refractivity contribution < 1.29 is 0 Å². The third kappa shape index (κ3) is 2.75. The molecule has 0 aliphatic heterocycles. The molecule has 2 aromatic heterocycles. The molecule has 0 saturated carbocycles. The van der Waals surface area contributed by atoms with Crippen LogP contribution in [-0.4, -0.2) is 14.5 Å². The zero-order valence-electron chi connectivity index (χ0n) is 13.7. The molecule has 4 aromatic rings. The quantitative estimate of drug-likeness (QED) is 0.581. The molecule has 1 N–H and O–H groups in total. The van der Waals surface area contributed by atoms with E-state index in [2.05, 4.69) is 9.97 Å². The van der Waals surface area contributed by atoms with E-state index >= 15 is 0 Å². The van der Waals surface area contributed by atoms with Gasteiger partial charge < -0.3 is 9.55 Å². The fraction of sp³-hybridized carbons (Fsp3) is 0.100. The number of aryl methyl sites for hydroxylation is 1. The first kappa shape index (κ1) is 15.7. The number of nitrogens with one attached hydrogen (secondary N) is 1. The smallest absolute Gasteiger partial charge is 0.258 e. The highest BCUT2D eigenvalue weighted by atomic mass is 35.5. The zero-order valence-corrected chi connectivity index (χ0v) is 14.4. The first-order chi connectivity index (χ1) is 12.2. The highest BCUT2D eigenvalue weighted by Gasteiger charge is 2.18. The Hall–Kier alpha value is -2.85. The molecule has 5 heteroatoms. The molecule has 2 heterocycles. The van der Waals surface area contributed by atoms with Crippen molar-refractivity contribution in [1.29, 1.82) is 0 Å². The van der Waals surface area contributed by atoms with Gasteiger partial charge >= 0.3 is 0 Å². The van der Waals surface area contributed by atoms with Crippen LogP contribution in [0.5, 0.6) is 0 Å². The predicted octanol–water partition coefficient (Wildman–Crippen LogP) is 4.73. The Balaban J connectivity index is 2.14. The standard InChI is InChI=1S/C20H16ClN3O/c1-2-24-11-17(22-12-24)19-18(13-6-4-3-5-7-13)15-10-14(21)8-9-16(15)23-20(19)25/h3-12H,2H2,1H3,(H,23,25). The van der Waals surface area contributed by atoms with E-state index in [4.69, 9.17) is 11.6 Å². The molecule has 124 valence electrons. The highest BCUT2D eigenvalue weighted by molar-refractivity contribution is 6.31. The highest BCUT2D eigenvalue weighted by Crippen LogP contribution is 2.35. The van der Waals surface area contributed by atoms with Crippen molar-refractivity contribution in [1.82, 2.24) is 14.5 Å². The van der Waals surface area contributed by atoms with Crippen LogP contribution in [0.1, 0.15) is 6.92 Å². The van der Waals surface area contributed by atoms with Gasteiger partial charge in [0.1, 0.15) is 0 Å². The molecule has 0 atom stereocenters. The predicted molar refractivity (Wildman–Crippen MR) is 102 cm³/mol. The SMILES string of the molecule is CCn1cnc(-c2c(-c3ccccc3)c3cc(Cl)ccc3[nH]c2=O)c1. The molecule has 0 fully saturated rings. The lowest BCUT2D eigenvalue weighted by molar-refractivity contribution is 0.762. The second kappa shape index (κ2) is 6.22. The number of H-pyrrole nitrogens is 1. The molecule has 0 spiro atoms. The number of rotatable bonds is 3. The monoisotopic (exact) mass is 349 g/mol. The van der Waals surface area contributed by atoms with Crippen molar-refractivity contribution in [3.05, 3.63) is 76.4 Å². The second-order valence-corrected chi connectivity index (χ2v) is 6.29. The molecule has 0 unspecified atom stereocenters. The molecular formula is C20H16ClN3O. The summed E-state index contributed by atoms with van der Waals surface area (Å²) in [5, 5.41) is 1.53. The summed E-state index contributed by atoms with van der Waals surface area (Å²) >= 11 is 6.23. The minimum atomic E-state index is -0.157. The van der Waals surface area contributed by atoms with Gasteiger partial charge in [0, 0.05) is 34.2 Å². The van der Waals surface area contributed by atoms with Crippen LogP contribution in [0.4, 0.5) is 0 Å². The molecule has 0 bridgehead atoms. The number of benzene rings is 2. The van der Waals surface area contributed by atoms with Crippen LogP contribution in [-0.2, 0) is 6.54 Å². The normalized spacial score (nSPS) is 11.1. The van der Waals surface area contributed by atoms with Gasteiger partial charge in [0.25, 0.3) is 5.56 Å². The molecule has 0 aliphatic rings. The van der Waals surface area contributed by atoms with Crippen molar-refractivity contribution in [2.45, 2.75) is 13.5 Å². The van der Waals surface area contributed by atoms with E-state index in [1.807, 2.05) is 60.2 Å². The Kier molecular flexibility index (Phi) is 3.90. The number of pyridine rings is 1. The van der Waals surface area contributed by atoms with Crippen LogP contribution >= 0.6 is 11.6 Å². The summed E-state index contributed by atoms with van der Waals surface area (Å²) < 4.78 is 1.95. The van der Waals surface area contributed by atoms with E-state index in [0.29, 0.717) is 16.3 Å². The van der Waals surface area contributed by atoms with Crippen LogP contribution in [0.25, 0.3) is 33.3 Å². The van der Waals surface area contributed by atoms with E-state index in [9.17, 15) is 4.79 Å². The summed E-state index contributed by atoms with van der Waals surface area (Å²) in [5.41, 5.74) is 3.63. The minimum Gasteiger partial charge on any atom is -0.337 e. The van der Waals surface area contributed by atoms with Crippen LogP contribution < -0.4 is 5.56 Å². The van der Waals surface area contributed by atoms with E-state index in [0.717, 1.165) is 28.6 Å². The molecule has 25 heavy (non-hydrogen) atoms. The maximum Gasteiger partial charge on any atom is 0.258 e. The molecule has 4 rings (SSSR count). The van der Waals surface area contributed by atoms with Gasteiger partial charge in [-0.2, -0.15) is 0 Å². The molecule has 0 radical (unpaired) electrons. The Labute approximate surface area is 149 Å². The number of fused-ring (bicyclic) bond motifs is 1. The Bertz CT molecular complexity index is 1110. The maximum atomic E-state index is 12.9.